The summed E-state index contributed by atoms with van der Waals surface area (Å²) in [5, 5.41) is 4.53. The van der Waals surface area contributed by atoms with Crippen LogP contribution in [-0.2, 0) is 19.6 Å². The summed E-state index contributed by atoms with van der Waals surface area (Å²) in [6.07, 6.45) is 1.68. The Labute approximate surface area is 165 Å². The summed E-state index contributed by atoms with van der Waals surface area (Å²) in [7, 11) is -2.31. The highest BCUT2D eigenvalue weighted by Gasteiger charge is 2.24. The molecule has 2 N–H and O–H groups in total. The molecule has 0 bridgehead atoms. The van der Waals surface area contributed by atoms with Crippen molar-refractivity contribution in [2.24, 2.45) is 0 Å². The molecule has 1 aromatic carbocycles. The van der Waals surface area contributed by atoms with E-state index in [1.165, 1.54) is 35.6 Å². The van der Waals surface area contributed by atoms with E-state index in [9.17, 15) is 22.8 Å². The highest BCUT2D eigenvalue weighted by atomic mass is 32.2. The van der Waals surface area contributed by atoms with Crippen molar-refractivity contribution in [3.8, 4) is 0 Å². The van der Waals surface area contributed by atoms with Gasteiger partial charge in [-0.2, -0.15) is 4.31 Å². The summed E-state index contributed by atoms with van der Waals surface area (Å²) in [5.41, 5.74) is -0.0153. The zero-order valence-corrected chi connectivity index (χ0v) is 17.3. The SMILES string of the molecule is CCCCNC(=O)NC(=O)COC(=O)c1cccc(S(=O)(=O)N(C)C(C)C)c1. The number of sulfonamides is 1. The lowest BCUT2D eigenvalue weighted by Crippen LogP contribution is -2.41. The molecule has 0 unspecified atom stereocenters. The monoisotopic (exact) mass is 413 g/mol. The number of carbonyl (C=O) groups is 3. The normalized spacial score (nSPS) is 11.4. The molecule has 156 valence electrons. The molecule has 0 saturated heterocycles. The van der Waals surface area contributed by atoms with Crippen LogP contribution in [0, 0.1) is 0 Å². The van der Waals surface area contributed by atoms with E-state index < -0.39 is 34.5 Å². The van der Waals surface area contributed by atoms with Gasteiger partial charge in [0.25, 0.3) is 5.91 Å². The Bertz CT molecular complexity index is 807. The fraction of sp³-hybridized carbons (Fsp3) is 0.500. The van der Waals surface area contributed by atoms with Crippen LogP contribution in [0.2, 0.25) is 0 Å². The van der Waals surface area contributed by atoms with E-state index in [-0.39, 0.29) is 16.5 Å². The van der Waals surface area contributed by atoms with E-state index in [4.69, 9.17) is 4.74 Å². The van der Waals surface area contributed by atoms with Crippen molar-refractivity contribution in [2.75, 3.05) is 20.2 Å². The maximum Gasteiger partial charge on any atom is 0.338 e. The molecule has 0 aliphatic rings. The molecule has 3 amide bonds. The first-order valence-corrected chi connectivity index (χ1v) is 10.4. The third-order valence-electron chi connectivity index (χ3n) is 3.88. The number of imide groups is 1. The number of hydrogen-bond donors (Lipinski definition) is 2. The molecule has 10 heteroatoms. The molecule has 0 aliphatic carbocycles. The Morgan fingerprint density at radius 2 is 1.89 bits per heavy atom. The van der Waals surface area contributed by atoms with Gasteiger partial charge in [-0.1, -0.05) is 19.4 Å². The maximum atomic E-state index is 12.5. The van der Waals surface area contributed by atoms with Gasteiger partial charge < -0.3 is 10.1 Å². The third-order valence-corrected chi connectivity index (χ3v) is 5.91. The minimum Gasteiger partial charge on any atom is -0.452 e. The topological polar surface area (TPSA) is 122 Å². The highest BCUT2D eigenvalue weighted by Crippen LogP contribution is 2.18. The van der Waals surface area contributed by atoms with E-state index >= 15 is 0 Å². The zero-order chi connectivity index (χ0) is 21.3. The molecule has 1 rings (SSSR count). The van der Waals surface area contributed by atoms with Gasteiger partial charge in [0.1, 0.15) is 0 Å². The molecule has 28 heavy (non-hydrogen) atoms. The fourth-order valence-corrected chi connectivity index (χ4v) is 3.44. The van der Waals surface area contributed by atoms with Gasteiger partial charge in [-0.25, -0.2) is 18.0 Å². The molecule has 0 saturated carbocycles. The van der Waals surface area contributed by atoms with Crippen LogP contribution in [-0.4, -0.2) is 56.9 Å². The molecule has 0 spiro atoms. The van der Waals surface area contributed by atoms with Crippen molar-refractivity contribution in [3.05, 3.63) is 29.8 Å². The van der Waals surface area contributed by atoms with Crippen molar-refractivity contribution in [1.82, 2.24) is 14.9 Å². The van der Waals surface area contributed by atoms with Gasteiger partial charge in [-0.15, -0.1) is 0 Å². The predicted molar refractivity (Wildman–Crippen MR) is 103 cm³/mol. The van der Waals surface area contributed by atoms with Crippen LogP contribution in [0.1, 0.15) is 44.0 Å². The lowest BCUT2D eigenvalue weighted by atomic mass is 10.2. The van der Waals surface area contributed by atoms with E-state index in [0.29, 0.717) is 6.54 Å². The van der Waals surface area contributed by atoms with Crippen LogP contribution < -0.4 is 10.6 Å². The van der Waals surface area contributed by atoms with Gasteiger partial charge in [0, 0.05) is 19.6 Å². The number of amides is 3. The first-order chi connectivity index (χ1) is 13.1. The number of unbranched alkanes of at least 4 members (excludes halogenated alkanes) is 1. The number of hydrogen-bond acceptors (Lipinski definition) is 6. The van der Waals surface area contributed by atoms with E-state index in [1.54, 1.807) is 13.8 Å². The second-order valence-corrected chi connectivity index (χ2v) is 8.37. The first-order valence-electron chi connectivity index (χ1n) is 8.92. The average molecular weight is 413 g/mol. The van der Waals surface area contributed by atoms with E-state index in [1.807, 2.05) is 12.2 Å². The van der Waals surface area contributed by atoms with E-state index in [0.717, 1.165) is 12.8 Å². The summed E-state index contributed by atoms with van der Waals surface area (Å²) in [6, 6.07) is 4.43. The number of benzene rings is 1. The Morgan fingerprint density at radius 3 is 2.50 bits per heavy atom. The Morgan fingerprint density at radius 1 is 1.21 bits per heavy atom. The number of carbonyl (C=O) groups excluding carboxylic acids is 3. The Balaban J connectivity index is 2.69. The van der Waals surface area contributed by atoms with Gasteiger partial charge in [0.15, 0.2) is 6.61 Å². The molecule has 0 atom stereocenters. The molecule has 9 nitrogen and oxygen atoms in total. The number of rotatable bonds is 9. The van der Waals surface area contributed by atoms with Crippen LogP contribution >= 0.6 is 0 Å². The van der Waals surface area contributed by atoms with Crippen molar-refractivity contribution in [1.29, 1.82) is 0 Å². The van der Waals surface area contributed by atoms with Crippen molar-refractivity contribution in [3.63, 3.8) is 0 Å². The standard InChI is InChI=1S/C18H27N3O6S/c1-5-6-10-19-18(24)20-16(22)12-27-17(23)14-8-7-9-15(11-14)28(25,26)21(4)13(2)3/h7-9,11,13H,5-6,10,12H2,1-4H3,(H2,19,20,22,24). The number of nitrogens with one attached hydrogen (secondary N) is 2. The fourth-order valence-electron chi connectivity index (χ4n) is 2.03. The maximum absolute atomic E-state index is 12.5. The van der Waals surface area contributed by atoms with Crippen LogP contribution in [0.5, 0.6) is 0 Å². The van der Waals surface area contributed by atoms with Crippen molar-refractivity contribution >= 4 is 27.9 Å². The molecule has 0 fully saturated rings. The Kier molecular flexibility index (Phi) is 9.07. The number of urea groups is 1. The zero-order valence-electron chi connectivity index (χ0n) is 16.5. The van der Waals surface area contributed by atoms with Gasteiger partial charge in [-0.05, 0) is 38.5 Å². The van der Waals surface area contributed by atoms with Gasteiger partial charge in [0.2, 0.25) is 10.0 Å². The average Bonchev–Trinajstić information content (AvgIpc) is 2.65. The van der Waals surface area contributed by atoms with Crippen LogP contribution in [0.15, 0.2) is 29.2 Å². The largest absolute Gasteiger partial charge is 0.452 e. The number of ether oxygens (including phenoxy) is 1. The Hall–Kier alpha value is -2.46. The lowest BCUT2D eigenvalue weighted by molar-refractivity contribution is -0.123. The first kappa shape index (κ1) is 23.6. The number of esters is 1. The van der Waals surface area contributed by atoms with E-state index in [2.05, 4.69) is 5.32 Å². The molecule has 0 aromatic heterocycles. The summed E-state index contributed by atoms with van der Waals surface area (Å²) in [4.78, 5) is 35.2. The number of nitrogens with zero attached hydrogens (tertiary/aromatic N) is 1. The summed E-state index contributed by atoms with van der Waals surface area (Å²) in [6.45, 7) is 5.19. The summed E-state index contributed by atoms with van der Waals surface area (Å²) < 4.78 is 31.1. The minimum absolute atomic E-state index is 0.0153. The molecule has 1 aromatic rings. The molecule has 0 aliphatic heterocycles. The van der Waals surface area contributed by atoms with Crippen LogP contribution in [0.3, 0.4) is 0 Å². The van der Waals surface area contributed by atoms with Crippen LogP contribution in [0.4, 0.5) is 4.79 Å². The second-order valence-electron chi connectivity index (χ2n) is 6.38. The van der Waals surface area contributed by atoms with Crippen LogP contribution in [0.25, 0.3) is 0 Å². The molecule has 0 heterocycles. The quantitative estimate of drug-likeness (QED) is 0.467. The molecular formula is C18H27N3O6S. The van der Waals surface area contributed by atoms with Gasteiger partial charge >= 0.3 is 12.0 Å². The van der Waals surface area contributed by atoms with Gasteiger partial charge in [0.05, 0.1) is 10.5 Å². The van der Waals surface area contributed by atoms with Crippen molar-refractivity contribution < 1.29 is 27.5 Å². The lowest BCUT2D eigenvalue weighted by Gasteiger charge is -2.21. The van der Waals surface area contributed by atoms with Gasteiger partial charge in [-0.3, -0.25) is 10.1 Å². The molecular weight excluding hydrogens is 386 g/mol. The summed E-state index contributed by atoms with van der Waals surface area (Å²) in [5.74, 6) is -1.66. The summed E-state index contributed by atoms with van der Waals surface area (Å²) >= 11 is 0. The third kappa shape index (κ3) is 6.93. The van der Waals surface area contributed by atoms with Crippen molar-refractivity contribution in [2.45, 2.75) is 44.6 Å². The minimum atomic E-state index is -3.76. The smallest absolute Gasteiger partial charge is 0.338 e. The highest BCUT2D eigenvalue weighted by molar-refractivity contribution is 7.89. The second kappa shape index (κ2) is 10.8. The predicted octanol–water partition coefficient (Wildman–Crippen LogP) is 1.50. The molecule has 0 radical (unpaired) electrons.